The molecule has 0 N–H and O–H groups in total. The molecule has 0 bridgehead atoms. The summed E-state index contributed by atoms with van der Waals surface area (Å²) in [5, 5.41) is 8.39. The Balaban J connectivity index is 2.43. The molecule has 90 valence electrons. The highest BCUT2D eigenvalue weighted by Gasteiger charge is 2.18. The highest BCUT2D eigenvalue weighted by Crippen LogP contribution is 2.11. The molecule has 0 unspecified atom stereocenters. The first-order chi connectivity index (χ1) is 8.17. The average molecular weight is 232 g/mol. The van der Waals surface area contributed by atoms with Crippen LogP contribution in [-0.2, 0) is 20.0 Å². The highest BCUT2D eigenvalue weighted by atomic mass is 16.1. The summed E-state index contributed by atoms with van der Waals surface area (Å²) in [6.45, 7) is 4.70. The van der Waals surface area contributed by atoms with Crippen LogP contribution >= 0.6 is 0 Å². The predicted octanol–water partition coefficient (Wildman–Crippen LogP) is 1.43. The largest absolute Gasteiger partial charge is 0.285 e. The maximum Gasteiger partial charge on any atom is 0.228 e. The van der Waals surface area contributed by atoms with Crippen LogP contribution in [0.5, 0.6) is 0 Å². The smallest absolute Gasteiger partial charge is 0.228 e. The number of nitrogens with zero attached hydrogens (tertiary/aromatic N) is 4. The third kappa shape index (κ3) is 2.00. The first-order valence-electron chi connectivity index (χ1n) is 5.76. The molecular weight excluding hydrogens is 216 g/mol. The van der Waals surface area contributed by atoms with Gasteiger partial charge in [0.25, 0.3) is 0 Å². The molecule has 2 rings (SSSR count). The van der Waals surface area contributed by atoms with Gasteiger partial charge in [0.1, 0.15) is 11.4 Å². The van der Waals surface area contributed by atoms with Crippen molar-refractivity contribution in [2.24, 2.45) is 7.05 Å². The zero-order chi connectivity index (χ0) is 12.4. The number of hydrogen-bond acceptors (Lipinski definition) is 3. The summed E-state index contributed by atoms with van der Waals surface area (Å²) < 4.78 is 3.33. The third-order valence-corrected chi connectivity index (χ3v) is 2.78. The van der Waals surface area contributed by atoms with Crippen molar-refractivity contribution in [1.82, 2.24) is 19.6 Å². The van der Waals surface area contributed by atoms with E-state index in [4.69, 9.17) is 0 Å². The third-order valence-electron chi connectivity index (χ3n) is 2.78. The van der Waals surface area contributed by atoms with Crippen LogP contribution in [0, 0.1) is 0 Å². The van der Waals surface area contributed by atoms with E-state index in [0.29, 0.717) is 17.9 Å². The molecule has 0 atom stereocenters. The number of carbonyl (C=O) groups is 1. The van der Waals surface area contributed by atoms with Gasteiger partial charge in [-0.25, -0.2) is 0 Å². The van der Waals surface area contributed by atoms with Gasteiger partial charge in [-0.1, -0.05) is 6.92 Å². The summed E-state index contributed by atoms with van der Waals surface area (Å²) in [5.74, 6) is -0.0287. The van der Waals surface area contributed by atoms with Gasteiger partial charge in [-0.15, -0.1) is 0 Å². The van der Waals surface area contributed by atoms with Crippen LogP contribution in [-0.4, -0.2) is 25.3 Å². The Bertz CT molecular complexity index is 538. The Labute approximate surface area is 100 Å². The van der Waals surface area contributed by atoms with Gasteiger partial charge in [0.05, 0.1) is 5.69 Å². The van der Waals surface area contributed by atoms with E-state index in [0.717, 1.165) is 12.1 Å². The van der Waals surface area contributed by atoms with E-state index in [9.17, 15) is 4.79 Å². The monoisotopic (exact) mass is 232 g/mol. The molecule has 0 saturated heterocycles. The van der Waals surface area contributed by atoms with Crippen molar-refractivity contribution in [3.8, 4) is 0 Å². The predicted molar refractivity (Wildman–Crippen MR) is 63.9 cm³/mol. The van der Waals surface area contributed by atoms with Gasteiger partial charge in [0.2, 0.25) is 5.78 Å². The maximum atomic E-state index is 12.3. The first-order valence-corrected chi connectivity index (χ1v) is 5.76. The molecule has 0 aromatic carbocycles. The van der Waals surface area contributed by atoms with Gasteiger partial charge < -0.3 is 0 Å². The van der Waals surface area contributed by atoms with Crippen molar-refractivity contribution in [2.45, 2.75) is 26.8 Å². The summed E-state index contributed by atoms with van der Waals surface area (Å²) >= 11 is 0. The Morgan fingerprint density at radius 3 is 2.65 bits per heavy atom. The summed E-state index contributed by atoms with van der Waals surface area (Å²) in [6, 6.07) is 3.58. The van der Waals surface area contributed by atoms with Crippen molar-refractivity contribution in [2.75, 3.05) is 0 Å². The van der Waals surface area contributed by atoms with Gasteiger partial charge in [-0.3, -0.25) is 14.2 Å². The zero-order valence-corrected chi connectivity index (χ0v) is 10.3. The Morgan fingerprint density at radius 2 is 2.12 bits per heavy atom. The van der Waals surface area contributed by atoms with Crippen molar-refractivity contribution in [3.05, 3.63) is 35.4 Å². The van der Waals surface area contributed by atoms with Crippen LogP contribution in [0.15, 0.2) is 18.3 Å². The number of hydrogen-bond donors (Lipinski definition) is 0. The number of aryl methyl sites for hydroxylation is 3. The minimum atomic E-state index is -0.0287. The number of carbonyl (C=O) groups excluding carboxylic acids is 1. The molecule has 2 heterocycles. The summed E-state index contributed by atoms with van der Waals surface area (Å²) in [7, 11) is 1.76. The van der Waals surface area contributed by atoms with Gasteiger partial charge in [-0.05, 0) is 25.5 Å². The molecule has 0 saturated carbocycles. The Kier molecular flexibility index (Phi) is 3.08. The van der Waals surface area contributed by atoms with E-state index in [1.807, 2.05) is 19.9 Å². The average Bonchev–Trinajstić information content (AvgIpc) is 2.93. The normalized spacial score (nSPS) is 10.8. The van der Waals surface area contributed by atoms with Crippen molar-refractivity contribution in [1.29, 1.82) is 0 Å². The lowest BCUT2D eigenvalue weighted by atomic mass is 10.2. The van der Waals surface area contributed by atoms with E-state index >= 15 is 0 Å². The van der Waals surface area contributed by atoms with Crippen molar-refractivity contribution >= 4 is 5.78 Å². The van der Waals surface area contributed by atoms with E-state index in [-0.39, 0.29) is 5.78 Å². The van der Waals surface area contributed by atoms with Gasteiger partial charge in [0.15, 0.2) is 0 Å². The van der Waals surface area contributed by atoms with Crippen molar-refractivity contribution < 1.29 is 4.79 Å². The second kappa shape index (κ2) is 4.53. The van der Waals surface area contributed by atoms with E-state index in [1.165, 1.54) is 0 Å². The molecule has 0 fully saturated rings. The molecule has 5 nitrogen and oxygen atoms in total. The SMILES string of the molecule is CCc1cc(C(=O)c2ccnn2C)n(CC)n1. The minimum Gasteiger partial charge on any atom is -0.285 e. The molecule has 17 heavy (non-hydrogen) atoms. The molecule has 0 aliphatic heterocycles. The van der Waals surface area contributed by atoms with Crippen LogP contribution in [0.2, 0.25) is 0 Å². The van der Waals surface area contributed by atoms with Gasteiger partial charge in [-0.2, -0.15) is 10.2 Å². The lowest BCUT2D eigenvalue weighted by Crippen LogP contribution is -2.13. The molecule has 5 heteroatoms. The lowest BCUT2D eigenvalue weighted by Gasteiger charge is -2.03. The van der Waals surface area contributed by atoms with E-state index < -0.39 is 0 Å². The van der Waals surface area contributed by atoms with Crippen LogP contribution in [0.3, 0.4) is 0 Å². The quantitative estimate of drug-likeness (QED) is 0.749. The summed E-state index contributed by atoms with van der Waals surface area (Å²) in [6.07, 6.45) is 2.46. The molecule has 2 aromatic heterocycles. The standard InChI is InChI=1S/C12H16N4O/c1-4-9-8-11(16(5-2)14-9)12(17)10-6-7-13-15(10)3/h6-8H,4-5H2,1-3H3. The van der Waals surface area contributed by atoms with Crippen LogP contribution < -0.4 is 0 Å². The molecular formula is C12H16N4O. The molecule has 0 radical (unpaired) electrons. The molecule has 0 amide bonds. The molecule has 0 spiro atoms. The maximum absolute atomic E-state index is 12.3. The topological polar surface area (TPSA) is 52.7 Å². The Hall–Kier alpha value is -1.91. The number of aromatic nitrogens is 4. The van der Waals surface area contributed by atoms with Crippen molar-refractivity contribution in [3.63, 3.8) is 0 Å². The fourth-order valence-corrected chi connectivity index (χ4v) is 1.79. The molecule has 0 aliphatic carbocycles. The van der Waals surface area contributed by atoms with Crippen LogP contribution in [0.25, 0.3) is 0 Å². The lowest BCUT2D eigenvalue weighted by molar-refractivity contribution is 0.102. The molecule has 2 aromatic rings. The second-order valence-corrected chi connectivity index (χ2v) is 3.86. The number of ketones is 1. The van der Waals surface area contributed by atoms with Crippen LogP contribution in [0.1, 0.15) is 35.7 Å². The number of rotatable bonds is 4. The molecule has 0 aliphatic rings. The first kappa shape index (κ1) is 11.6. The Morgan fingerprint density at radius 1 is 1.35 bits per heavy atom. The second-order valence-electron chi connectivity index (χ2n) is 3.86. The minimum absolute atomic E-state index is 0.0287. The van der Waals surface area contributed by atoms with E-state index in [2.05, 4.69) is 10.2 Å². The van der Waals surface area contributed by atoms with E-state index in [1.54, 1.807) is 28.7 Å². The highest BCUT2D eigenvalue weighted by molar-refractivity contribution is 6.06. The van der Waals surface area contributed by atoms with Crippen LogP contribution in [0.4, 0.5) is 0 Å². The fraction of sp³-hybridized carbons (Fsp3) is 0.417. The van der Waals surface area contributed by atoms with Gasteiger partial charge in [0, 0.05) is 19.8 Å². The summed E-state index contributed by atoms with van der Waals surface area (Å²) in [5.41, 5.74) is 2.16. The zero-order valence-electron chi connectivity index (χ0n) is 10.3. The summed E-state index contributed by atoms with van der Waals surface area (Å²) in [4.78, 5) is 12.3. The fourth-order valence-electron chi connectivity index (χ4n) is 1.79. The van der Waals surface area contributed by atoms with Gasteiger partial charge >= 0.3 is 0 Å².